The van der Waals surface area contributed by atoms with Gasteiger partial charge in [-0.15, -0.1) is 0 Å². The Morgan fingerprint density at radius 3 is 2.44 bits per heavy atom. The van der Waals surface area contributed by atoms with Crippen LogP contribution < -0.4 is 10.6 Å². The Morgan fingerprint density at radius 2 is 1.88 bits per heavy atom. The zero-order valence-electron chi connectivity index (χ0n) is 11.0. The van der Waals surface area contributed by atoms with Crippen LogP contribution in [-0.4, -0.2) is 17.6 Å². The topological polar surface area (TPSA) is 37.0 Å². The Morgan fingerprint density at radius 1 is 1.25 bits per heavy atom. The van der Waals surface area contributed by atoms with Crippen molar-refractivity contribution in [2.75, 3.05) is 17.2 Å². The summed E-state index contributed by atoms with van der Waals surface area (Å²) in [6.07, 6.45) is 0. The molecule has 0 aliphatic heterocycles. The molecule has 0 amide bonds. The summed E-state index contributed by atoms with van der Waals surface area (Å²) in [5.74, 6) is 1.86. The molecule has 3 nitrogen and oxygen atoms in total. The zero-order valence-corrected chi connectivity index (χ0v) is 11.0. The summed E-state index contributed by atoms with van der Waals surface area (Å²) in [7, 11) is 0. The maximum atomic E-state index is 4.49. The predicted molar refractivity (Wildman–Crippen MR) is 70.9 cm³/mol. The van der Waals surface area contributed by atoms with Crippen LogP contribution in [0.25, 0.3) is 0 Å². The fraction of sp³-hybridized carbons (Fsp3) is 0.615. The third-order valence-electron chi connectivity index (χ3n) is 2.77. The van der Waals surface area contributed by atoms with E-state index in [1.807, 2.05) is 18.2 Å². The SMILES string of the molecule is CCNc1cccc(NC(C)C(C)(C)C)n1. The second kappa shape index (κ2) is 5.19. The number of nitrogens with zero attached hydrogens (tertiary/aromatic N) is 1. The maximum absolute atomic E-state index is 4.49. The highest BCUT2D eigenvalue weighted by Crippen LogP contribution is 2.22. The first kappa shape index (κ1) is 12.8. The molecule has 0 spiro atoms. The number of nitrogens with one attached hydrogen (secondary N) is 2. The zero-order chi connectivity index (χ0) is 12.2. The number of hydrogen-bond acceptors (Lipinski definition) is 3. The van der Waals surface area contributed by atoms with Gasteiger partial charge in [0.2, 0.25) is 0 Å². The van der Waals surface area contributed by atoms with Crippen molar-refractivity contribution in [1.82, 2.24) is 4.98 Å². The molecule has 2 N–H and O–H groups in total. The van der Waals surface area contributed by atoms with E-state index in [4.69, 9.17) is 0 Å². The summed E-state index contributed by atoms with van der Waals surface area (Å²) in [6, 6.07) is 6.39. The Kier molecular flexibility index (Phi) is 4.16. The first-order valence-corrected chi connectivity index (χ1v) is 5.91. The third kappa shape index (κ3) is 3.72. The van der Waals surface area contributed by atoms with Crippen molar-refractivity contribution in [3.8, 4) is 0 Å². The third-order valence-corrected chi connectivity index (χ3v) is 2.77. The summed E-state index contributed by atoms with van der Waals surface area (Å²) >= 11 is 0. The molecule has 0 bridgehead atoms. The number of hydrogen-bond donors (Lipinski definition) is 2. The quantitative estimate of drug-likeness (QED) is 0.818. The summed E-state index contributed by atoms with van der Waals surface area (Å²) in [6.45, 7) is 11.8. The van der Waals surface area contributed by atoms with Gasteiger partial charge >= 0.3 is 0 Å². The van der Waals surface area contributed by atoms with Gasteiger partial charge in [0.05, 0.1) is 0 Å². The minimum absolute atomic E-state index is 0.232. The van der Waals surface area contributed by atoms with E-state index >= 15 is 0 Å². The van der Waals surface area contributed by atoms with E-state index in [1.165, 1.54) is 0 Å². The van der Waals surface area contributed by atoms with Gasteiger partial charge in [-0.25, -0.2) is 4.98 Å². The summed E-state index contributed by atoms with van der Waals surface area (Å²) < 4.78 is 0. The van der Waals surface area contributed by atoms with E-state index in [9.17, 15) is 0 Å². The van der Waals surface area contributed by atoms with Crippen LogP contribution in [0, 0.1) is 5.41 Å². The van der Waals surface area contributed by atoms with Crippen molar-refractivity contribution in [1.29, 1.82) is 0 Å². The van der Waals surface area contributed by atoms with Crippen LogP contribution in [0.15, 0.2) is 18.2 Å². The fourth-order valence-electron chi connectivity index (χ4n) is 1.23. The molecule has 1 heterocycles. The molecule has 1 rings (SSSR count). The number of pyridine rings is 1. The molecule has 1 aromatic heterocycles. The van der Waals surface area contributed by atoms with Crippen LogP contribution in [0.1, 0.15) is 34.6 Å². The highest BCUT2D eigenvalue weighted by molar-refractivity contribution is 5.45. The molecule has 0 radical (unpaired) electrons. The van der Waals surface area contributed by atoms with Gasteiger partial charge in [0.15, 0.2) is 0 Å². The minimum atomic E-state index is 0.232. The van der Waals surface area contributed by atoms with Crippen LogP contribution in [0.4, 0.5) is 11.6 Å². The van der Waals surface area contributed by atoms with Gasteiger partial charge in [0, 0.05) is 12.6 Å². The Bertz CT molecular complexity index is 328. The maximum Gasteiger partial charge on any atom is 0.128 e. The average Bonchev–Trinajstić information content (AvgIpc) is 2.17. The van der Waals surface area contributed by atoms with Gasteiger partial charge < -0.3 is 10.6 Å². The molecule has 3 heteroatoms. The van der Waals surface area contributed by atoms with E-state index < -0.39 is 0 Å². The highest BCUT2D eigenvalue weighted by Gasteiger charge is 2.19. The van der Waals surface area contributed by atoms with Gasteiger partial charge in [-0.1, -0.05) is 26.8 Å². The molecule has 1 atom stereocenters. The summed E-state index contributed by atoms with van der Waals surface area (Å²) in [5, 5.41) is 6.64. The molecular formula is C13H23N3. The summed E-state index contributed by atoms with van der Waals surface area (Å²) in [5.41, 5.74) is 0.232. The molecule has 0 saturated heterocycles. The number of anilines is 2. The van der Waals surface area contributed by atoms with Crippen molar-refractivity contribution in [3.63, 3.8) is 0 Å². The van der Waals surface area contributed by atoms with E-state index in [0.29, 0.717) is 6.04 Å². The van der Waals surface area contributed by atoms with E-state index in [2.05, 4.69) is 50.2 Å². The Balaban J connectivity index is 2.70. The predicted octanol–water partition coefficient (Wildman–Crippen LogP) is 3.36. The molecule has 0 aliphatic carbocycles. The normalized spacial score (nSPS) is 13.3. The average molecular weight is 221 g/mol. The lowest BCUT2D eigenvalue weighted by molar-refractivity contribution is 0.359. The van der Waals surface area contributed by atoms with Crippen LogP contribution in [0.5, 0.6) is 0 Å². The van der Waals surface area contributed by atoms with Crippen LogP contribution >= 0.6 is 0 Å². The number of rotatable bonds is 4. The Hall–Kier alpha value is -1.25. The lowest BCUT2D eigenvalue weighted by Crippen LogP contribution is -2.31. The molecule has 0 saturated carbocycles. The Labute approximate surface area is 98.7 Å². The highest BCUT2D eigenvalue weighted by atomic mass is 15.1. The van der Waals surface area contributed by atoms with Crippen LogP contribution in [-0.2, 0) is 0 Å². The minimum Gasteiger partial charge on any atom is -0.370 e. The lowest BCUT2D eigenvalue weighted by Gasteiger charge is -2.28. The standard InChI is InChI=1S/C13H23N3/c1-6-14-11-8-7-9-12(16-11)15-10(2)13(3,4)5/h7-10H,6H2,1-5H3,(H2,14,15,16). The van der Waals surface area contributed by atoms with Crippen LogP contribution in [0.3, 0.4) is 0 Å². The largest absolute Gasteiger partial charge is 0.370 e. The lowest BCUT2D eigenvalue weighted by atomic mass is 9.88. The van der Waals surface area contributed by atoms with Crippen molar-refractivity contribution >= 4 is 11.6 Å². The van der Waals surface area contributed by atoms with Crippen molar-refractivity contribution < 1.29 is 0 Å². The molecule has 0 aliphatic rings. The summed E-state index contributed by atoms with van der Waals surface area (Å²) in [4.78, 5) is 4.49. The van der Waals surface area contributed by atoms with Gasteiger partial charge in [0.1, 0.15) is 11.6 Å². The fourth-order valence-corrected chi connectivity index (χ4v) is 1.23. The van der Waals surface area contributed by atoms with Crippen molar-refractivity contribution in [2.24, 2.45) is 5.41 Å². The first-order chi connectivity index (χ1) is 7.43. The second-order valence-electron chi connectivity index (χ2n) is 5.17. The molecule has 1 unspecified atom stereocenters. The molecule has 1 aromatic rings. The van der Waals surface area contributed by atoms with E-state index in [0.717, 1.165) is 18.2 Å². The van der Waals surface area contributed by atoms with Crippen molar-refractivity contribution in [2.45, 2.75) is 40.7 Å². The monoisotopic (exact) mass is 221 g/mol. The van der Waals surface area contributed by atoms with Crippen molar-refractivity contribution in [3.05, 3.63) is 18.2 Å². The molecule has 16 heavy (non-hydrogen) atoms. The molecule has 90 valence electrons. The van der Waals surface area contributed by atoms with Gasteiger partial charge in [-0.05, 0) is 31.4 Å². The molecule has 0 aromatic carbocycles. The van der Waals surface area contributed by atoms with Gasteiger partial charge in [-0.2, -0.15) is 0 Å². The first-order valence-electron chi connectivity index (χ1n) is 5.91. The van der Waals surface area contributed by atoms with Gasteiger partial charge in [0.25, 0.3) is 0 Å². The van der Waals surface area contributed by atoms with E-state index in [-0.39, 0.29) is 5.41 Å². The molecular weight excluding hydrogens is 198 g/mol. The second-order valence-corrected chi connectivity index (χ2v) is 5.17. The smallest absolute Gasteiger partial charge is 0.128 e. The molecule has 0 fully saturated rings. The van der Waals surface area contributed by atoms with E-state index in [1.54, 1.807) is 0 Å². The van der Waals surface area contributed by atoms with Gasteiger partial charge in [-0.3, -0.25) is 0 Å². The number of aromatic nitrogens is 1. The van der Waals surface area contributed by atoms with Crippen LogP contribution in [0.2, 0.25) is 0 Å².